The lowest BCUT2D eigenvalue weighted by Gasteiger charge is -2.05. The highest BCUT2D eigenvalue weighted by Gasteiger charge is 2.08. The van der Waals surface area contributed by atoms with Gasteiger partial charge in [0.1, 0.15) is 0 Å². The molecule has 22 heavy (non-hydrogen) atoms. The summed E-state index contributed by atoms with van der Waals surface area (Å²) in [4.78, 5) is 20.2. The van der Waals surface area contributed by atoms with Crippen molar-refractivity contribution in [2.24, 2.45) is 0 Å². The molecule has 2 unspecified atom stereocenters. The van der Waals surface area contributed by atoms with Crippen LogP contribution in [0.5, 0.6) is 0 Å². The lowest BCUT2D eigenvalue weighted by molar-refractivity contribution is -0.140. The number of aliphatic hydroxyl groups is 2. The van der Waals surface area contributed by atoms with E-state index in [2.05, 4.69) is 13.8 Å². The van der Waals surface area contributed by atoms with Crippen LogP contribution < -0.4 is 0 Å². The van der Waals surface area contributed by atoms with Crippen LogP contribution in [-0.4, -0.2) is 44.6 Å². The molecule has 4 N–H and O–H groups in total. The minimum absolute atomic E-state index is 0.121. The Balaban J connectivity index is 0. The van der Waals surface area contributed by atoms with Gasteiger partial charge in [-0.25, -0.2) is 0 Å². The van der Waals surface area contributed by atoms with E-state index in [1.807, 2.05) is 0 Å². The Kier molecular flexibility index (Phi) is 17.1. The first-order valence-electron chi connectivity index (χ1n) is 8.13. The van der Waals surface area contributed by atoms with Crippen LogP contribution >= 0.6 is 0 Å². The number of unbranched alkanes of at least 4 members (excludes halogenated alkanes) is 4. The number of aliphatic carboxylic acids is 2. The van der Waals surface area contributed by atoms with Crippen LogP contribution in [0.3, 0.4) is 0 Å². The van der Waals surface area contributed by atoms with E-state index in [-0.39, 0.29) is 12.8 Å². The summed E-state index contributed by atoms with van der Waals surface area (Å²) >= 11 is 0. The average molecular weight is 320 g/mol. The van der Waals surface area contributed by atoms with E-state index in [0.29, 0.717) is 12.8 Å². The zero-order chi connectivity index (χ0) is 17.4. The Morgan fingerprint density at radius 3 is 1.27 bits per heavy atom. The van der Waals surface area contributed by atoms with Gasteiger partial charge in [-0.2, -0.15) is 0 Å². The maximum atomic E-state index is 10.1. The van der Waals surface area contributed by atoms with Crippen molar-refractivity contribution in [1.82, 2.24) is 0 Å². The second-order valence-corrected chi connectivity index (χ2v) is 5.49. The molecule has 2 atom stereocenters. The average Bonchev–Trinajstić information content (AvgIpc) is 2.38. The van der Waals surface area contributed by atoms with Crippen LogP contribution in [0.1, 0.15) is 78.1 Å². The van der Waals surface area contributed by atoms with Gasteiger partial charge in [-0.05, 0) is 12.8 Å². The van der Waals surface area contributed by atoms with Gasteiger partial charge < -0.3 is 20.4 Å². The first-order valence-corrected chi connectivity index (χ1v) is 8.13. The lowest BCUT2D eigenvalue weighted by atomic mass is 10.1. The van der Waals surface area contributed by atoms with Gasteiger partial charge in [-0.3, -0.25) is 9.59 Å². The second-order valence-electron chi connectivity index (χ2n) is 5.49. The molecule has 0 heterocycles. The molecule has 6 nitrogen and oxygen atoms in total. The number of carboxylic acids is 2. The maximum absolute atomic E-state index is 10.1. The van der Waals surface area contributed by atoms with Crippen molar-refractivity contribution >= 4 is 11.9 Å². The summed E-state index contributed by atoms with van der Waals surface area (Å²) in [6.07, 6.45) is 5.84. The fourth-order valence-corrected chi connectivity index (χ4v) is 1.87. The molecule has 0 rings (SSSR count). The van der Waals surface area contributed by atoms with E-state index in [9.17, 15) is 9.59 Å². The van der Waals surface area contributed by atoms with E-state index >= 15 is 0 Å². The van der Waals surface area contributed by atoms with Gasteiger partial charge >= 0.3 is 11.9 Å². The normalized spacial score (nSPS) is 12.9. The molecule has 0 aromatic heterocycles. The monoisotopic (exact) mass is 320 g/mol. The number of rotatable bonds is 12. The fourth-order valence-electron chi connectivity index (χ4n) is 1.87. The molecule has 132 valence electrons. The molecule has 0 aromatic carbocycles. The summed E-state index contributed by atoms with van der Waals surface area (Å²) in [5, 5.41) is 34.7. The van der Waals surface area contributed by atoms with Gasteiger partial charge in [-0.1, -0.05) is 52.4 Å². The topological polar surface area (TPSA) is 115 Å². The molecule has 6 heteroatoms. The minimum Gasteiger partial charge on any atom is -0.481 e. The van der Waals surface area contributed by atoms with Crippen molar-refractivity contribution in [1.29, 1.82) is 0 Å². The van der Waals surface area contributed by atoms with Crippen LogP contribution in [0.25, 0.3) is 0 Å². The molecular weight excluding hydrogens is 288 g/mol. The third-order valence-corrected chi connectivity index (χ3v) is 3.10. The standard InChI is InChI=1S/2C8H16O3/c2*1-2-3-4-5-7(9)6-8(10)11/h2*7,9H,2-6H2,1H3,(H,10,11). The zero-order valence-corrected chi connectivity index (χ0v) is 13.8. The summed E-state index contributed by atoms with van der Waals surface area (Å²) in [5.74, 6) is -1.84. The molecule has 0 aromatic rings. The Morgan fingerprint density at radius 2 is 1.05 bits per heavy atom. The quantitative estimate of drug-likeness (QED) is 0.411. The number of carboxylic acid groups (broad SMARTS) is 2. The Labute approximate surface area is 133 Å². The van der Waals surface area contributed by atoms with Crippen molar-refractivity contribution in [3.63, 3.8) is 0 Å². The SMILES string of the molecule is CCCCCC(O)CC(=O)O.CCCCCC(O)CC(=O)O. The number of hydrogen-bond donors (Lipinski definition) is 4. The molecule has 0 bridgehead atoms. The van der Waals surface area contributed by atoms with Crippen molar-refractivity contribution in [3.8, 4) is 0 Å². The van der Waals surface area contributed by atoms with Gasteiger partial charge in [-0.15, -0.1) is 0 Å². The van der Waals surface area contributed by atoms with Crippen LogP contribution in [0.15, 0.2) is 0 Å². The molecule has 0 spiro atoms. The second kappa shape index (κ2) is 16.2. The van der Waals surface area contributed by atoms with Gasteiger partial charge in [0.2, 0.25) is 0 Å². The summed E-state index contributed by atoms with van der Waals surface area (Å²) in [5.41, 5.74) is 0. The predicted octanol–water partition coefficient (Wildman–Crippen LogP) is 2.80. The number of carbonyl (C=O) groups is 2. The highest BCUT2D eigenvalue weighted by atomic mass is 16.4. The Bertz CT molecular complexity index is 252. The third-order valence-electron chi connectivity index (χ3n) is 3.10. The van der Waals surface area contributed by atoms with Crippen molar-refractivity contribution in [2.45, 2.75) is 90.3 Å². The van der Waals surface area contributed by atoms with Crippen LogP contribution in [0.4, 0.5) is 0 Å². The molecule has 0 amide bonds. The lowest BCUT2D eigenvalue weighted by Crippen LogP contribution is -2.12. The molecule has 0 aliphatic carbocycles. The van der Waals surface area contributed by atoms with Gasteiger partial charge in [0, 0.05) is 0 Å². The minimum atomic E-state index is -0.922. The smallest absolute Gasteiger partial charge is 0.305 e. The molecule has 0 radical (unpaired) electrons. The van der Waals surface area contributed by atoms with E-state index in [1.54, 1.807) is 0 Å². The van der Waals surface area contributed by atoms with Crippen LogP contribution in [-0.2, 0) is 9.59 Å². The predicted molar refractivity (Wildman–Crippen MR) is 84.8 cm³/mol. The summed E-state index contributed by atoms with van der Waals surface area (Å²) in [6, 6.07) is 0. The Hall–Kier alpha value is -1.14. The van der Waals surface area contributed by atoms with Crippen molar-refractivity contribution < 1.29 is 30.0 Å². The molecule has 0 aliphatic rings. The molecule has 0 saturated carbocycles. The van der Waals surface area contributed by atoms with E-state index in [1.165, 1.54) is 0 Å². The Morgan fingerprint density at radius 1 is 0.727 bits per heavy atom. The number of aliphatic hydroxyl groups excluding tert-OH is 2. The van der Waals surface area contributed by atoms with Gasteiger partial charge in [0.05, 0.1) is 25.0 Å². The molecule has 0 aliphatic heterocycles. The molecular formula is C16H32O6. The van der Waals surface area contributed by atoms with Crippen LogP contribution in [0.2, 0.25) is 0 Å². The van der Waals surface area contributed by atoms with E-state index in [0.717, 1.165) is 38.5 Å². The summed E-state index contributed by atoms with van der Waals surface area (Å²) < 4.78 is 0. The summed E-state index contributed by atoms with van der Waals surface area (Å²) in [6.45, 7) is 4.15. The zero-order valence-electron chi connectivity index (χ0n) is 13.8. The molecule has 0 fully saturated rings. The maximum Gasteiger partial charge on any atom is 0.305 e. The highest BCUT2D eigenvalue weighted by molar-refractivity contribution is 5.67. The summed E-state index contributed by atoms with van der Waals surface area (Å²) in [7, 11) is 0. The van der Waals surface area contributed by atoms with Crippen molar-refractivity contribution in [2.75, 3.05) is 0 Å². The van der Waals surface area contributed by atoms with Crippen LogP contribution in [0, 0.1) is 0 Å². The van der Waals surface area contributed by atoms with E-state index in [4.69, 9.17) is 20.4 Å². The first kappa shape index (κ1) is 23.1. The first-order chi connectivity index (χ1) is 10.3. The third kappa shape index (κ3) is 21.2. The van der Waals surface area contributed by atoms with Gasteiger partial charge in [0.25, 0.3) is 0 Å². The van der Waals surface area contributed by atoms with E-state index < -0.39 is 24.1 Å². The number of hydrogen-bond acceptors (Lipinski definition) is 4. The van der Waals surface area contributed by atoms with Gasteiger partial charge in [0.15, 0.2) is 0 Å². The highest BCUT2D eigenvalue weighted by Crippen LogP contribution is 2.06. The van der Waals surface area contributed by atoms with Crippen molar-refractivity contribution in [3.05, 3.63) is 0 Å². The largest absolute Gasteiger partial charge is 0.481 e. The molecule has 0 saturated heterocycles. The fraction of sp³-hybridized carbons (Fsp3) is 0.875.